The maximum Gasteiger partial charge on any atom is 0.133 e. The molecular formula is C15H24ClN3. The smallest absolute Gasteiger partial charge is 0.133 e. The lowest BCUT2D eigenvalue weighted by Gasteiger charge is -2.30. The van der Waals surface area contributed by atoms with Crippen LogP contribution in [0.3, 0.4) is 0 Å². The van der Waals surface area contributed by atoms with Crippen molar-refractivity contribution in [2.75, 3.05) is 11.2 Å². The Kier molecular flexibility index (Phi) is 5.03. The predicted octanol–water partition coefficient (Wildman–Crippen LogP) is 3.96. The molecule has 0 saturated carbocycles. The second-order valence-corrected chi connectivity index (χ2v) is 6.06. The summed E-state index contributed by atoms with van der Waals surface area (Å²) in [5, 5.41) is 3.63. The first-order valence-electron chi connectivity index (χ1n) is 7.35. The highest BCUT2D eigenvalue weighted by Crippen LogP contribution is 2.28. The summed E-state index contributed by atoms with van der Waals surface area (Å²) in [6, 6.07) is 0. The highest BCUT2D eigenvalue weighted by Gasteiger charge is 2.24. The molecule has 1 aliphatic rings. The van der Waals surface area contributed by atoms with E-state index in [9.17, 15) is 0 Å². The maximum atomic E-state index is 5.93. The topological polar surface area (TPSA) is 37.8 Å². The molecule has 0 bridgehead atoms. The van der Waals surface area contributed by atoms with E-state index in [2.05, 4.69) is 29.1 Å². The Balaban J connectivity index is 2.25. The van der Waals surface area contributed by atoms with E-state index >= 15 is 0 Å². The summed E-state index contributed by atoms with van der Waals surface area (Å²) < 4.78 is 0. The van der Waals surface area contributed by atoms with Crippen molar-refractivity contribution in [3.05, 3.63) is 17.6 Å². The van der Waals surface area contributed by atoms with Crippen molar-refractivity contribution in [1.29, 1.82) is 0 Å². The molecule has 1 aliphatic carbocycles. The largest absolute Gasteiger partial charge is 0.365 e. The van der Waals surface area contributed by atoms with Gasteiger partial charge in [-0.25, -0.2) is 9.97 Å². The minimum atomic E-state index is 0.0240. The van der Waals surface area contributed by atoms with Crippen molar-refractivity contribution in [1.82, 2.24) is 9.97 Å². The first kappa shape index (κ1) is 14.6. The number of rotatable bonds is 5. The van der Waals surface area contributed by atoms with E-state index in [1.165, 1.54) is 30.5 Å². The molecule has 3 nitrogen and oxygen atoms in total. The number of hydrogen-bond acceptors (Lipinski definition) is 3. The summed E-state index contributed by atoms with van der Waals surface area (Å²) in [7, 11) is 0. The third-order valence-corrected chi connectivity index (χ3v) is 4.41. The van der Waals surface area contributed by atoms with Gasteiger partial charge in [0, 0.05) is 22.7 Å². The van der Waals surface area contributed by atoms with Gasteiger partial charge in [0.05, 0.1) is 0 Å². The SMILES string of the molecule is CCC(C)(CCCl)Nc1ncnc2c1CCCCC2. The predicted molar refractivity (Wildman–Crippen MR) is 80.9 cm³/mol. The number of aromatic nitrogens is 2. The monoisotopic (exact) mass is 281 g/mol. The van der Waals surface area contributed by atoms with Gasteiger partial charge in [-0.15, -0.1) is 11.6 Å². The zero-order chi connectivity index (χ0) is 13.7. The second-order valence-electron chi connectivity index (χ2n) is 5.69. The third kappa shape index (κ3) is 3.59. The number of aryl methyl sites for hydroxylation is 1. The quantitative estimate of drug-likeness (QED) is 0.656. The lowest BCUT2D eigenvalue weighted by molar-refractivity contribution is 0.478. The van der Waals surface area contributed by atoms with E-state index in [0.29, 0.717) is 5.88 Å². The second kappa shape index (κ2) is 6.56. The molecule has 0 fully saturated rings. The third-order valence-electron chi connectivity index (χ3n) is 4.22. The van der Waals surface area contributed by atoms with Crippen molar-refractivity contribution >= 4 is 17.4 Å². The van der Waals surface area contributed by atoms with Crippen LogP contribution in [0.2, 0.25) is 0 Å². The molecule has 1 aromatic rings. The van der Waals surface area contributed by atoms with Gasteiger partial charge in [-0.05, 0) is 45.4 Å². The standard InChI is InChI=1S/C15H24ClN3/c1-3-15(2,9-10-16)19-14-12-7-5-4-6-8-13(12)17-11-18-14/h11H,3-10H2,1-2H3,(H,17,18,19). The minimum Gasteiger partial charge on any atom is -0.365 e. The minimum absolute atomic E-state index is 0.0240. The Morgan fingerprint density at radius 1 is 1.26 bits per heavy atom. The van der Waals surface area contributed by atoms with Gasteiger partial charge in [0.25, 0.3) is 0 Å². The van der Waals surface area contributed by atoms with Crippen molar-refractivity contribution in [2.24, 2.45) is 0 Å². The number of alkyl halides is 1. The van der Waals surface area contributed by atoms with Gasteiger partial charge in [0.15, 0.2) is 0 Å². The van der Waals surface area contributed by atoms with Gasteiger partial charge in [0.1, 0.15) is 12.1 Å². The maximum absolute atomic E-state index is 5.93. The van der Waals surface area contributed by atoms with Crippen LogP contribution in [0.25, 0.3) is 0 Å². The van der Waals surface area contributed by atoms with E-state index in [1.807, 2.05) is 0 Å². The fourth-order valence-corrected chi connectivity index (χ4v) is 3.04. The van der Waals surface area contributed by atoms with Crippen LogP contribution in [0.15, 0.2) is 6.33 Å². The summed E-state index contributed by atoms with van der Waals surface area (Å²) >= 11 is 5.93. The lowest BCUT2D eigenvalue weighted by Crippen LogP contribution is -2.35. The van der Waals surface area contributed by atoms with E-state index in [-0.39, 0.29) is 5.54 Å². The Hall–Kier alpha value is -0.830. The van der Waals surface area contributed by atoms with Gasteiger partial charge < -0.3 is 5.32 Å². The summed E-state index contributed by atoms with van der Waals surface area (Å²) in [6.07, 6.45) is 9.65. The Morgan fingerprint density at radius 2 is 2.05 bits per heavy atom. The Morgan fingerprint density at radius 3 is 2.79 bits per heavy atom. The van der Waals surface area contributed by atoms with Crippen LogP contribution in [0.4, 0.5) is 5.82 Å². The van der Waals surface area contributed by atoms with Crippen LogP contribution in [-0.2, 0) is 12.8 Å². The van der Waals surface area contributed by atoms with Crippen LogP contribution in [0, 0.1) is 0 Å². The van der Waals surface area contributed by atoms with Crippen LogP contribution in [-0.4, -0.2) is 21.4 Å². The number of halogens is 1. The summed E-state index contributed by atoms with van der Waals surface area (Å²) in [6.45, 7) is 4.42. The molecule has 1 unspecified atom stereocenters. The fourth-order valence-electron chi connectivity index (χ4n) is 2.63. The van der Waals surface area contributed by atoms with Gasteiger partial charge in [-0.2, -0.15) is 0 Å². The number of anilines is 1. The van der Waals surface area contributed by atoms with Gasteiger partial charge in [-0.3, -0.25) is 0 Å². The molecule has 1 atom stereocenters. The van der Waals surface area contributed by atoms with Crippen molar-refractivity contribution in [3.63, 3.8) is 0 Å². The molecule has 2 rings (SSSR count). The number of nitrogens with one attached hydrogen (secondary N) is 1. The van der Waals surface area contributed by atoms with Crippen LogP contribution < -0.4 is 5.32 Å². The summed E-state index contributed by atoms with van der Waals surface area (Å²) in [5.74, 6) is 1.70. The van der Waals surface area contributed by atoms with E-state index in [0.717, 1.165) is 31.5 Å². The Labute approximate surface area is 121 Å². The lowest BCUT2D eigenvalue weighted by atomic mass is 9.95. The summed E-state index contributed by atoms with van der Waals surface area (Å²) in [4.78, 5) is 8.95. The zero-order valence-electron chi connectivity index (χ0n) is 12.0. The molecule has 106 valence electrons. The van der Waals surface area contributed by atoms with Crippen molar-refractivity contribution < 1.29 is 0 Å². The van der Waals surface area contributed by atoms with E-state index in [1.54, 1.807) is 6.33 Å². The fraction of sp³-hybridized carbons (Fsp3) is 0.733. The number of nitrogens with zero attached hydrogens (tertiary/aromatic N) is 2. The number of hydrogen-bond donors (Lipinski definition) is 1. The molecule has 1 N–H and O–H groups in total. The van der Waals surface area contributed by atoms with Crippen molar-refractivity contribution in [2.45, 2.75) is 64.3 Å². The average Bonchev–Trinajstić information content (AvgIpc) is 2.65. The summed E-state index contributed by atoms with van der Waals surface area (Å²) in [5.41, 5.74) is 2.59. The van der Waals surface area contributed by atoms with Gasteiger partial charge >= 0.3 is 0 Å². The molecule has 0 aromatic carbocycles. The van der Waals surface area contributed by atoms with Gasteiger partial charge in [-0.1, -0.05) is 13.3 Å². The van der Waals surface area contributed by atoms with E-state index in [4.69, 9.17) is 11.6 Å². The molecule has 1 aromatic heterocycles. The van der Waals surface area contributed by atoms with Crippen molar-refractivity contribution in [3.8, 4) is 0 Å². The molecule has 0 radical (unpaired) electrons. The normalized spacial score (nSPS) is 18.3. The molecule has 4 heteroatoms. The highest BCUT2D eigenvalue weighted by molar-refractivity contribution is 6.17. The molecular weight excluding hydrogens is 258 g/mol. The molecule has 19 heavy (non-hydrogen) atoms. The van der Waals surface area contributed by atoms with Crippen LogP contribution in [0.1, 0.15) is 57.2 Å². The average molecular weight is 282 g/mol. The first-order valence-corrected chi connectivity index (χ1v) is 7.89. The highest BCUT2D eigenvalue weighted by atomic mass is 35.5. The first-order chi connectivity index (χ1) is 9.18. The molecule has 0 amide bonds. The van der Waals surface area contributed by atoms with Gasteiger partial charge in [0.2, 0.25) is 0 Å². The van der Waals surface area contributed by atoms with E-state index < -0.39 is 0 Å². The molecule has 0 spiro atoms. The molecule has 0 saturated heterocycles. The molecule has 0 aliphatic heterocycles. The van der Waals surface area contributed by atoms with Crippen LogP contribution in [0.5, 0.6) is 0 Å². The Bertz CT molecular complexity index is 422. The number of fused-ring (bicyclic) bond motifs is 1. The zero-order valence-corrected chi connectivity index (χ0v) is 12.8. The molecule has 1 heterocycles. The van der Waals surface area contributed by atoms with Crippen LogP contribution >= 0.6 is 11.6 Å².